The van der Waals surface area contributed by atoms with Gasteiger partial charge in [0.15, 0.2) is 5.75 Å². The number of rotatable bonds is 12. The van der Waals surface area contributed by atoms with E-state index in [-0.39, 0.29) is 22.6 Å². The molecular weight excluding hydrogens is 895 g/mol. The van der Waals surface area contributed by atoms with Crippen molar-refractivity contribution < 1.29 is 27.6 Å². The average molecular weight is 952 g/mol. The first-order chi connectivity index (χ1) is 33.4. The van der Waals surface area contributed by atoms with E-state index in [4.69, 9.17) is 14.5 Å². The number of H-pyrrole nitrogens is 1. The minimum atomic E-state index is -4.62. The van der Waals surface area contributed by atoms with Gasteiger partial charge in [0.25, 0.3) is 21.6 Å². The van der Waals surface area contributed by atoms with Crippen LogP contribution in [0.4, 0.5) is 34.1 Å². The molecule has 1 aliphatic carbocycles. The fraction of sp³-hybridized carbons (Fsp3) is 0.404. The number of carbonyl (C=O) groups excluding carboxylic acids is 1. The van der Waals surface area contributed by atoms with E-state index < -0.39 is 31.4 Å². The van der Waals surface area contributed by atoms with E-state index in [0.717, 1.165) is 62.5 Å². The summed E-state index contributed by atoms with van der Waals surface area (Å²) < 4.78 is 42.2. The summed E-state index contributed by atoms with van der Waals surface area (Å²) in [5.74, 6) is 0.577. The smallest absolute Gasteiger partial charge is 0.293 e. The van der Waals surface area contributed by atoms with Crippen molar-refractivity contribution in [3.8, 4) is 11.6 Å². The largest absolute Gasteiger partial charge is 0.435 e. The molecule has 0 radical (unpaired) electrons. The Hall–Kier alpha value is -6.56. The number of aromatic amines is 1. The molecule has 1 saturated carbocycles. The van der Waals surface area contributed by atoms with Gasteiger partial charge in [-0.05, 0) is 129 Å². The second kappa shape index (κ2) is 18.1. The zero-order valence-electron chi connectivity index (χ0n) is 38.9. The molecule has 1 amide bonds. The summed E-state index contributed by atoms with van der Waals surface area (Å²) in [6.07, 6.45) is 13.6. The topological polar surface area (TPSA) is 188 Å². The number of sulfonamides is 1. The van der Waals surface area contributed by atoms with Gasteiger partial charge in [-0.25, -0.2) is 13.1 Å². The van der Waals surface area contributed by atoms with Crippen molar-refractivity contribution in [3.05, 3.63) is 124 Å². The summed E-state index contributed by atoms with van der Waals surface area (Å²) in [5, 5.41) is 16.2. The van der Waals surface area contributed by atoms with E-state index in [1.807, 2.05) is 29.2 Å². The third kappa shape index (κ3) is 8.54. The van der Waals surface area contributed by atoms with Gasteiger partial charge in [-0.2, -0.15) is 4.98 Å². The number of hydrogen-bond acceptors (Lipinski definition) is 13. The number of anilines is 5. The van der Waals surface area contributed by atoms with Crippen molar-refractivity contribution in [2.24, 2.45) is 11.3 Å². The summed E-state index contributed by atoms with van der Waals surface area (Å²) in [5.41, 5.74) is 6.02. The van der Waals surface area contributed by atoms with Gasteiger partial charge in [0, 0.05) is 80.5 Å². The highest BCUT2D eigenvalue weighted by Crippen LogP contribution is 2.55. The molecule has 5 aliphatic rings. The highest BCUT2D eigenvalue weighted by molar-refractivity contribution is 7.90. The number of piperidine rings is 1. The Morgan fingerprint density at radius 3 is 2.57 bits per heavy atom. The van der Waals surface area contributed by atoms with Crippen molar-refractivity contribution in [2.45, 2.75) is 88.1 Å². The van der Waals surface area contributed by atoms with E-state index in [1.54, 1.807) is 30.7 Å². The summed E-state index contributed by atoms with van der Waals surface area (Å²) >= 11 is 0. The summed E-state index contributed by atoms with van der Waals surface area (Å²) in [7, 11) is -4.62. The van der Waals surface area contributed by atoms with E-state index in [9.17, 15) is 23.3 Å². The summed E-state index contributed by atoms with van der Waals surface area (Å²) in [6, 6.07) is 24.7. The Bertz CT molecular complexity index is 3050. The lowest BCUT2D eigenvalue weighted by Gasteiger charge is -2.56. The standard InChI is InChI=1S/C52H57N9O7S/c1-33(2)39-6-3-4-7-40(39)43-8-5-21-59(43)37-29-52(30-37)17-22-58(23-18-52)36-9-11-41(44(27-36)60-46-26-35-13-20-54-49(35)56-51(46)68-48-14-19-53-32-47(48)60)50(62)57-69(65,66)38-10-12-42(45(28-38)61(63)64)55-31-34-15-24-67-25-16-34/h3-4,6-7,9-14,19-20,26-28,32-34,37,43,55H,5,8,15-18,21-25,29-31H2,1-2H3,(H,54,56)(H,57,62)/t43-/m0/s1. The lowest BCUT2D eigenvalue weighted by molar-refractivity contribution is -0.384. The molecule has 358 valence electrons. The maximum Gasteiger partial charge on any atom is 0.293 e. The zero-order valence-corrected chi connectivity index (χ0v) is 39.7. The first-order valence-electron chi connectivity index (χ1n) is 24.2. The van der Waals surface area contributed by atoms with Crippen molar-refractivity contribution in [1.82, 2.24) is 24.6 Å². The van der Waals surface area contributed by atoms with E-state index in [2.05, 4.69) is 67.9 Å². The normalized spacial score (nSPS) is 19.6. The number of nitrogens with one attached hydrogen (secondary N) is 3. The maximum atomic E-state index is 14.6. The Morgan fingerprint density at radius 1 is 0.957 bits per heavy atom. The Kier molecular flexibility index (Phi) is 11.8. The number of likely N-dealkylation sites (tertiary alicyclic amines) is 1. The molecule has 4 aliphatic heterocycles. The van der Waals surface area contributed by atoms with Gasteiger partial charge in [-0.1, -0.05) is 38.1 Å². The number of pyridine rings is 2. The quantitative estimate of drug-likeness (QED) is 0.0776. The molecule has 3 aromatic carbocycles. The van der Waals surface area contributed by atoms with E-state index >= 15 is 0 Å². The Labute approximate surface area is 401 Å². The van der Waals surface area contributed by atoms with Crippen LogP contribution in [0, 0.1) is 21.4 Å². The number of ether oxygens (including phenoxy) is 2. The van der Waals surface area contributed by atoms with Crippen molar-refractivity contribution in [2.75, 3.05) is 54.5 Å². The minimum Gasteiger partial charge on any atom is -0.435 e. The van der Waals surface area contributed by atoms with Gasteiger partial charge in [-0.15, -0.1) is 0 Å². The van der Waals surface area contributed by atoms with Crippen molar-refractivity contribution in [3.63, 3.8) is 0 Å². The molecule has 3 saturated heterocycles. The molecular formula is C52H57N9O7S. The fourth-order valence-electron chi connectivity index (χ4n) is 11.5. The Balaban J connectivity index is 0.880. The maximum absolute atomic E-state index is 14.6. The molecule has 11 rings (SSSR count). The number of fused-ring (bicyclic) bond motifs is 3. The lowest BCUT2D eigenvalue weighted by atomic mass is 9.59. The summed E-state index contributed by atoms with van der Waals surface area (Å²) in [4.78, 5) is 45.2. The van der Waals surface area contributed by atoms with Crippen LogP contribution >= 0.6 is 0 Å². The van der Waals surface area contributed by atoms with Gasteiger partial charge in [0.2, 0.25) is 5.88 Å². The van der Waals surface area contributed by atoms with Gasteiger partial charge >= 0.3 is 0 Å². The number of amides is 1. The first kappa shape index (κ1) is 44.9. The van der Waals surface area contributed by atoms with Crippen LogP contribution in [-0.2, 0) is 14.8 Å². The van der Waals surface area contributed by atoms with Crippen LogP contribution in [-0.4, -0.2) is 84.5 Å². The number of nitro benzene ring substituents is 1. The third-order valence-electron chi connectivity index (χ3n) is 15.3. The van der Waals surface area contributed by atoms with E-state index in [1.165, 1.54) is 48.9 Å². The van der Waals surface area contributed by atoms with Gasteiger partial charge < -0.3 is 24.7 Å². The molecule has 17 heteroatoms. The lowest BCUT2D eigenvalue weighted by Crippen LogP contribution is -2.55. The molecule has 0 unspecified atom stereocenters. The number of carbonyl (C=O) groups is 1. The Morgan fingerprint density at radius 2 is 1.77 bits per heavy atom. The van der Waals surface area contributed by atoms with Gasteiger partial charge in [0.1, 0.15) is 22.7 Å². The van der Waals surface area contributed by atoms with Crippen LogP contribution in [0.5, 0.6) is 11.6 Å². The second-order valence-corrected chi connectivity index (χ2v) is 21.4. The monoisotopic (exact) mass is 951 g/mol. The molecule has 3 aromatic heterocycles. The van der Waals surface area contributed by atoms with E-state index in [0.29, 0.717) is 72.1 Å². The molecule has 1 spiro atoms. The van der Waals surface area contributed by atoms with Crippen LogP contribution in [0.25, 0.3) is 11.0 Å². The number of nitrogens with zero attached hydrogens (tertiary/aromatic N) is 6. The molecule has 4 fully saturated rings. The molecule has 69 heavy (non-hydrogen) atoms. The predicted octanol–water partition coefficient (Wildman–Crippen LogP) is 10.1. The molecule has 16 nitrogen and oxygen atoms in total. The van der Waals surface area contributed by atoms with Crippen LogP contribution in [0.1, 0.15) is 98.7 Å². The molecule has 3 N–H and O–H groups in total. The van der Waals surface area contributed by atoms with Crippen LogP contribution < -0.4 is 24.6 Å². The molecule has 1 atom stereocenters. The number of nitro groups is 1. The first-order valence-corrected chi connectivity index (χ1v) is 25.7. The highest BCUT2D eigenvalue weighted by Gasteiger charge is 2.50. The van der Waals surface area contributed by atoms with Gasteiger partial charge in [-0.3, -0.25) is 29.7 Å². The number of hydrogen-bond donors (Lipinski definition) is 3. The fourth-order valence-corrected chi connectivity index (χ4v) is 12.5. The van der Waals surface area contributed by atoms with Crippen molar-refractivity contribution in [1.29, 1.82) is 0 Å². The molecule has 7 heterocycles. The summed E-state index contributed by atoms with van der Waals surface area (Å²) in [6.45, 7) is 9.11. The minimum absolute atomic E-state index is 0.0536. The number of aromatic nitrogens is 3. The zero-order chi connectivity index (χ0) is 47.4. The van der Waals surface area contributed by atoms with Crippen LogP contribution in [0.15, 0.2) is 102 Å². The highest BCUT2D eigenvalue weighted by atomic mass is 32.2. The SMILES string of the molecule is CC(C)c1ccccc1[C@@H]1CCCN1C1CC2(CCN(c3ccc(C(=O)NS(=O)(=O)c4ccc(NCC5CCOCC5)c([N+](=O)[O-])c4)c(N4c5cnccc5Oc5nc6[nH]ccc6cc54)c3)CC2)C1. The molecule has 0 bridgehead atoms. The second-order valence-electron chi connectivity index (χ2n) is 19.7. The molecule has 6 aromatic rings. The van der Waals surface area contributed by atoms with Crippen LogP contribution in [0.2, 0.25) is 0 Å². The third-order valence-corrected chi connectivity index (χ3v) is 16.6. The number of benzene rings is 3. The average Bonchev–Trinajstić information content (AvgIpc) is 4.03. The van der Waals surface area contributed by atoms with Crippen LogP contribution in [0.3, 0.4) is 0 Å². The van der Waals surface area contributed by atoms with Crippen molar-refractivity contribution >= 4 is 61.1 Å². The predicted molar refractivity (Wildman–Crippen MR) is 265 cm³/mol. The van der Waals surface area contributed by atoms with Gasteiger partial charge in [0.05, 0.1) is 27.3 Å².